The molecule has 0 unspecified atom stereocenters. The number of nitrogen functional groups attached to an aromatic ring is 1. The summed E-state index contributed by atoms with van der Waals surface area (Å²) in [6.07, 6.45) is -5.64. The fourth-order valence-electron chi connectivity index (χ4n) is 1.92. The first-order valence-electron chi connectivity index (χ1n) is 6.12. The molecule has 0 bridgehead atoms. The van der Waals surface area contributed by atoms with E-state index in [-0.39, 0.29) is 18.5 Å². The van der Waals surface area contributed by atoms with Crippen LogP contribution in [0.4, 0.5) is 18.9 Å². The number of halogens is 3. The van der Waals surface area contributed by atoms with Gasteiger partial charge in [-0.2, -0.15) is 13.2 Å². The molecule has 1 heterocycles. The van der Waals surface area contributed by atoms with Crippen molar-refractivity contribution in [2.75, 3.05) is 5.73 Å². The lowest BCUT2D eigenvalue weighted by molar-refractivity contribution is -0.135. The molecule has 0 radical (unpaired) electrons. The Bertz CT molecular complexity index is 638. The van der Waals surface area contributed by atoms with Crippen LogP contribution in [0.3, 0.4) is 0 Å². The molecule has 2 N–H and O–H groups in total. The number of pyridine rings is 1. The molecular weight excluding hydrogens is 269 g/mol. The number of nitrogens with two attached hydrogens (primary N) is 1. The van der Waals surface area contributed by atoms with Crippen LogP contribution in [0, 0.1) is 0 Å². The lowest BCUT2D eigenvalue weighted by atomic mass is 10.1. The van der Waals surface area contributed by atoms with Crippen molar-refractivity contribution in [3.63, 3.8) is 0 Å². The number of fused-ring (bicyclic) bond motifs is 1. The van der Waals surface area contributed by atoms with E-state index in [1.807, 2.05) is 0 Å². The summed E-state index contributed by atoms with van der Waals surface area (Å²) in [5, 5.41) is 0.722. The smallest absolute Gasteiger partial charge is 0.389 e. The Labute approximate surface area is 113 Å². The predicted octanol–water partition coefficient (Wildman–Crippen LogP) is 3.73. The third kappa shape index (κ3) is 3.46. The Morgan fingerprint density at radius 3 is 2.65 bits per heavy atom. The zero-order chi connectivity index (χ0) is 14.8. The summed E-state index contributed by atoms with van der Waals surface area (Å²) in [7, 11) is 0. The molecule has 2 rings (SSSR count). The summed E-state index contributed by atoms with van der Waals surface area (Å²) >= 11 is 0. The van der Waals surface area contributed by atoms with Crippen molar-refractivity contribution in [3.05, 3.63) is 36.0 Å². The zero-order valence-electron chi connectivity index (χ0n) is 10.6. The molecule has 0 aliphatic carbocycles. The number of rotatable bonds is 4. The van der Waals surface area contributed by atoms with Crippen molar-refractivity contribution >= 4 is 22.4 Å². The number of alkyl halides is 3. The normalized spacial score (nSPS) is 11.8. The lowest BCUT2D eigenvalue weighted by Crippen LogP contribution is -2.09. The van der Waals surface area contributed by atoms with E-state index in [2.05, 4.69) is 4.98 Å². The first-order valence-corrected chi connectivity index (χ1v) is 6.12. The van der Waals surface area contributed by atoms with E-state index in [4.69, 9.17) is 5.73 Å². The Morgan fingerprint density at radius 2 is 1.95 bits per heavy atom. The number of nitrogens with zero attached hydrogens (tertiary/aromatic N) is 1. The highest BCUT2D eigenvalue weighted by atomic mass is 19.4. The van der Waals surface area contributed by atoms with E-state index in [0.29, 0.717) is 11.2 Å². The molecule has 1 aromatic heterocycles. The van der Waals surface area contributed by atoms with Crippen LogP contribution >= 0.6 is 0 Å². The van der Waals surface area contributed by atoms with Crippen LogP contribution in [-0.4, -0.2) is 16.9 Å². The van der Waals surface area contributed by atoms with Crippen molar-refractivity contribution in [3.8, 4) is 0 Å². The number of Topliss-reactive ketones (excluding diaryl/α,β-unsaturated/α-hetero) is 1. The number of anilines is 1. The fraction of sp³-hybridized carbons (Fsp3) is 0.286. The molecule has 0 fully saturated rings. The van der Waals surface area contributed by atoms with Gasteiger partial charge in [-0.25, -0.2) is 4.98 Å². The second-order valence-corrected chi connectivity index (χ2v) is 4.51. The second-order valence-electron chi connectivity index (χ2n) is 4.51. The maximum atomic E-state index is 12.0. The topological polar surface area (TPSA) is 56.0 Å². The van der Waals surface area contributed by atoms with Crippen LogP contribution in [0.1, 0.15) is 29.8 Å². The van der Waals surface area contributed by atoms with Crippen LogP contribution in [0.5, 0.6) is 0 Å². The Kier molecular flexibility index (Phi) is 3.92. The maximum Gasteiger partial charge on any atom is 0.389 e. The molecule has 0 atom stereocenters. The number of para-hydroxylation sites is 1. The molecule has 106 valence electrons. The van der Waals surface area contributed by atoms with Gasteiger partial charge in [0, 0.05) is 23.9 Å². The summed E-state index contributed by atoms with van der Waals surface area (Å²) in [6.45, 7) is 0. The van der Waals surface area contributed by atoms with Crippen molar-refractivity contribution in [2.45, 2.75) is 25.4 Å². The molecule has 0 spiro atoms. The van der Waals surface area contributed by atoms with Gasteiger partial charge in [-0.3, -0.25) is 4.79 Å². The van der Waals surface area contributed by atoms with Crippen LogP contribution in [0.15, 0.2) is 30.3 Å². The molecule has 0 saturated heterocycles. The third-order valence-electron chi connectivity index (χ3n) is 2.90. The van der Waals surface area contributed by atoms with E-state index in [0.717, 1.165) is 5.39 Å². The van der Waals surface area contributed by atoms with E-state index in [1.165, 1.54) is 6.07 Å². The minimum absolute atomic E-state index is 0.114. The standard InChI is InChI=1S/C14H13F3N2O/c15-14(16,17)7-3-6-13(20)12-8-10(18)9-4-1-2-5-11(9)19-12/h1-2,4-5,8H,3,6-7H2,(H2,18,19). The second kappa shape index (κ2) is 5.48. The minimum Gasteiger partial charge on any atom is -0.398 e. The summed E-state index contributed by atoms with van der Waals surface area (Å²) in [5.41, 5.74) is 6.89. The first-order chi connectivity index (χ1) is 9.37. The van der Waals surface area contributed by atoms with Crippen LogP contribution in [-0.2, 0) is 0 Å². The monoisotopic (exact) mass is 282 g/mol. The fourth-order valence-corrected chi connectivity index (χ4v) is 1.92. The quantitative estimate of drug-likeness (QED) is 0.869. The molecule has 2 aromatic rings. The van der Waals surface area contributed by atoms with Gasteiger partial charge in [-0.05, 0) is 18.6 Å². The van der Waals surface area contributed by atoms with Gasteiger partial charge in [-0.1, -0.05) is 18.2 Å². The molecule has 0 aliphatic heterocycles. The summed E-state index contributed by atoms with van der Waals surface area (Å²) < 4.78 is 36.1. The maximum absolute atomic E-state index is 12.0. The molecule has 0 amide bonds. The van der Waals surface area contributed by atoms with Crippen LogP contribution < -0.4 is 5.73 Å². The van der Waals surface area contributed by atoms with Crippen LogP contribution in [0.25, 0.3) is 10.9 Å². The Morgan fingerprint density at radius 1 is 1.25 bits per heavy atom. The van der Waals surface area contributed by atoms with Gasteiger partial charge in [0.2, 0.25) is 0 Å². The highest BCUT2D eigenvalue weighted by Crippen LogP contribution is 2.24. The molecule has 6 heteroatoms. The van der Waals surface area contributed by atoms with E-state index in [1.54, 1.807) is 24.3 Å². The number of carbonyl (C=O) groups is 1. The van der Waals surface area contributed by atoms with Crippen molar-refractivity contribution in [2.24, 2.45) is 0 Å². The third-order valence-corrected chi connectivity index (χ3v) is 2.90. The molecule has 20 heavy (non-hydrogen) atoms. The number of benzene rings is 1. The van der Waals surface area contributed by atoms with Gasteiger partial charge < -0.3 is 5.73 Å². The SMILES string of the molecule is Nc1cc(C(=O)CCCC(F)(F)F)nc2ccccc12. The summed E-state index contributed by atoms with van der Waals surface area (Å²) in [4.78, 5) is 16.0. The van der Waals surface area contributed by atoms with Gasteiger partial charge in [0.15, 0.2) is 5.78 Å². The van der Waals surface area contributed by atoms with Crippen molar-refractivity contribution < 1.29 is 18.0 Å². The molecular formula is C14H13F3N2O. The van der Waals surface area contributed by atoms with E-state index >= 15 is 0 Å². The summed E-state index contributed by atoms with van der Waals surface area (Å²) in [6, 6.07) is 8.45. The highest BCUT2D eigenvalue weighted by Gasteiger charge is 2.26. The number of carbonyl (C=O) groups excluding carboxylic acids is 1. The average Bonchev–Trinajstić information content (AvgIpc) is 2.37. The largest absolute Gasteiger partial charge is 0.398 e. The van der Waals surface area contributed by atoms with E-state index < -0.39 is 18.4 Å². The summed E-state index contributed by atoms with van der Waals surface area (Å²) in [5.74, 6) is -0.424. The number of aromatic nitrogens is 1. The number of hydrogen-bond donors (Lipinski definition) is 1. The zero-order valence-corrected chi connectivity index (χ0v) is 10.6. The van der Waals surface area contributed by atoms with Crippen LogP contribution in [0.2, 0.25) is 0 Å². The van der Waals surface area contributed by atoms with Gasteiger partial charge in [0.1, 0.15) is 5.69 Å². The number of ketones is 1. The highest BCUT2D eigenvalue weighted by molar-refractivity contribution is 6.00. The van der Waals surface area contributed by atoms with Gasteiger partial charge in [0.05, 0.1) is 5.52 Å². The van der Waals surface area contributed by atoms with Gasteiger partial charge >= 0.3 is 6.18 Å². The lowest BCUT2D eigenvalue weighted by Gasteiger charge is -2.07. The molecule has 1 aromatic carbocycles. The molecule has 0 aliphatic rings. The number of hydrogen-bond acceptors (Lipinski definition) is 3. The minimum atomic E-state index is -4.24. The average molecular weight is 282 g/mol. The molecule has 0 saturated carbocycles. The first kappa shape index (κ1) is 14.3. The Hall–Kier alpha value is -2.11. The van der Waals surface area contributed by atoms with E-state index in [9.17, 15) is 18.0 Å². The molecule has 3 nitrogen and oxygen atoms in total. The Balaban J connectivity index is 2.14. The van der Waals surface area contributed by atoms with Gasteiger partial charge in [0.25, 0.3) is 0 Å². The van der Waals surface area contributed by atoms with Gasteiger partial charge in [-0.15, -0.1) is 0 Å². The predicted molar refractivity (Wildman–Crippen MR) is 70.4 cm³/mol. The van der Waals surface area contributed by atoms with Crippen molar-refractivity contribution in [1.82, 2.24) is 4.98 Å². The van der Waals surface area contributed by atoms with Crippen molar-refractivity contribution in [1.29, 1.82) is 0 Å².